The van der Waals surface area contributed by atoms with Crippen molar-refractivity contribution < 1.29 is 4.79 Å². The Morgan fingerprint density at radius 2 is 2.31 bits per heavy atom. The van der Waals surface area contributed by atoms with Crippen LogP contribution in [0.25, 0.3) is 0 Å². The third kappa shape index (κ3) is 3.44. The lowest BCUT2D eigenvalue weighted by atomic mass is 10.3. The van der Waals surface area contributed by atoms with Crippen molar-refractivity contribution in [2.75, 3.05) is 0 Å². The van der Waals surface area contributed by atoms with E-state index in [0.717, 1.165) is 18.7 Å². The molecule has 0 aliphatic carbocycles. The monoisotopic (exact) mass is 242 g/mol. The number of H-pyrrole nitrogens is 1. The summed E-state index contributed by atoms with van der Waals surface area (Å²) < 4.78 is 2.25. The molecule has 0 fully saturated rings. The number of aromatic amines is 1. The van der Waals surface area contributed by atoms with E-state index in [1.165, 1.54) is 0 Å². The zero-order valence-electron chi connectivity index (χ0n) is 9.91. The molecule has 0 unspecified atom stereocenters. The van der Waals surface area contributed by atoms with Gasteiger partial charge in [0.1, 0.15) is 12.4 Å². The van der Waals surface area contributed by atoms with Gasteiger partial charge in [0.15, 0.2) is 4.77 Å². The second-order valence-corrected chi connectivity index (χ2v) is 4.39. The van der Waals surface area contributed by atoms with Crippen LogP contribution >= 0.6 is 12.2 Å². The molecule has 5 nitrogen and oxygen atoms in total. The molecule has 1 rings (SSSR count). The Labute approximate surface area is 100 Å². The maximum Gasteiger partial charge on any atom is 0.240 e. The van der Waals surface area contributed by atoms with Gasteiger partial charge in [0.2, 0.25) is 5.91 Å². The van der Waals surface area contributed by atoms with Crippen LogP contribution in [-0.2, 0) is 17.8 Å². The first-order chi connectivity index (χ1) is 7.54. The van der Waals surface area contributed by atoms with Gasteiger partial charge in [0.05, 0.1) is 0 Å². The molecule has 1 heterocycles. The van der Waals surface area contributed by atoms with Gasteiger partial charge in [-0.3, -0.25) is 14.5 Å². The lowest BCUT2D eigenvalue weighted by Crippen LogP contribution is -2.33. The van der Waals surface area contributed by atoms with Crippen LogP contribution in [0.1, 0.15) is 33.0 Å². The predicted molar refractivity (Wildman–Crippen MR) is 64.7 cm³/mol. The van der Waals surface area contributed by atoms with Crippen LogP contribution < -0.4 is 5.32 Å². The SMILES string of the molecule is CCCc1n[nH]c(=S)n1CC(=O)NC(C)C. The predicted octanol–water partition coefficient (Wildman–Crippen LogP) is 1.42. The molecule has 1 aromatic rings. The average molecular weight is 242 g/mol. The van der Waals surface area contributed by atoms with Crippen LogP contribution in [0.3, 0.4) is 0 Å². The summed E-state index contributed by atoms with van der Waals surface area (Å²) in [6.07, 6.45) is 1.80. The highest BCUT2D eigenvalue weighted by Crippen LogP contribution is 2.01. The number of hydrogen-bond donors (Lipinski definition) is 2. The molecule has 6 heteroatoms. The molecule has 0 radical (unpaired) electrons. The molecule has 16 heavy (non-hydrogen) atoms. The molecule has 0 aromatic carbocycles. The molecule has 1 amide bonds. The zero-order valence-corrected chi connectivity index (χ0v) is 10.7. The van der Waals surface area contributed by atoms with Crippen molar-refractivity contribution in [3.63, 3.8) is 0 Å². The molecule has 0 aliphatic rings. The van der Waals surface area contributed by atoms with E-state index < -0.39 is 0 Å². The highest BCUT2D eigenvalue weighted by atomic mass is 32.1. The molecular weight excluding hydrogens is 224 g/mol. The molecule has 0 saturated heterocycles. The first-order valence-corrected chi connectivity index (χ1v) is 5.88. The molecule has 90 valence electrons. The molecule has 0 bridgehead atoms. The first kappa shape index (κ1) is 12.9. The van der Waals surface area contributed by atoms with Crippen LogP contribution in [0.5, 0.6) is 0 Å². The van der Waals surface area contributed by atoms with Gasteiger partial charge in [-0.15, -0.1) is 0 Å². The summed E-state index contributed by atoms with van der Waals surface area (Å²) in [4.78, 5) is 11.6. The summed E-state index contributed by atoms with van der Waals surface area (Å²) in [5.74, 6) is 0.802. The molecular formula is C10H18N4OS. The minimum absolute atomic E-state index is 0.0372. The number of rotatable bonds is 5. The van der Waals surface area contributed by atoms with Crippen molar-refractivity contribution in [3.05, 3.63) is 10.6 Å². The molecule has 0 saturated carbocycles. The molecule has 0 atom stereocenters. The fourth-order valence-corrected chi connectivity index (χ4v) is 1.65. The summed E-state index contributed by atoms with van der Waals surface area (Å²) in [7, 11) is 0. The summed E-state index contributed by atoms with van der Waals surface area (Å²) in [6, 6.07) is 0.142. The van der Waals surface area contributed by atoms with Gasteiger partial charge in [-0.25, -0.2) is 0 Å². The Morgan fingerprint density at radius 3 is 2.88 bits per heavy atom. The largest absolute Gasteiger partial charge is 0.352 e. The highest BCUT2D eigenvalue weighted by molar-refractivity contribution is 7.71. The Bertz CT molecular complexity index is 407. The number of carbonyl (C=O) groups is 1. The number of nitrogens with zero attached hydrogens (tertiary/aromatic N) is 2. The molecule has 0 spiro atoms. The van der Waals surface area contributed by atoms with Gasteiger partial charge >= 0.3 is 0 Å². The summed E-state index contributed by atoms with van der Waals surface area (Å²) in [6.45, 7) is 6.16. The van der Waals surface area contributed by atoms with Gasteiger partial charge in [-0.2, -0.15) is 5.10 Å². The maximum atomic E-state index is 11.6. The second kappa shape index (κ2) is 5.79. The number of amides is 1. The van der Waals surface area contributed by atoms with Crippen LogP contribution in [0.15, 0.2) is 0 Å². The van der Waals surface area contributed by atoms with Crippen molar-refractivity contribution in [1.82, 2.24) is 20.1 Å². The lowest BCUT2D eigenvalue weighted by Gasteiger charge is -2.09. The summed E-state index contributed by atoms with van der Waals surface area (Å²) >= 11 is 5.08. The molecule has 0 aliphatic heterocycles. The van der Waals surface area contributed by atoms with Crippen LogP contribution in [0.2, 0.25) is 0 Å². The van der Waals surface area contributed by atoms with E-state index in [9.17, 15) is 4.79 Å². The van der Waals surface area contributed by atoms with Gasteiger partial charge in [-0.1, -0.05) is 6.92 Å². The number of carbonyl (C=O) groups excluding carboxylic acids is 1. The normalized spacial score (nSPS) is 10.8. The van der Waals surface area contributed by atoms with E-state index in [0.29, 0.717) is 4.77 Å². The maximum absolute atomic E-state index is 11.6. The average Bonchev–Trinajstić information content (AvgIpc) is 2.49. The standard InChI is InChI=1S/C10H18N4OS/c1-4-5-8-12-13-10(16)14(8)6-9(15)11-7(2)3/h7H,4-6H2,1-3H3,(H,11,15)(H,13,16). The number of aryl methyl sites for hydroxylation is 1. The van der Waals surface area contributed by atoms with Gasteiger partial charge < -0.3 is 5.32 Å². The van der Waals surface area contributed by atoms with Gasteiger partial charge in [0, 0.05) is 12.5 Å². The van der Waals surface area contributed by atoms with Crippen molar-refractivity contribution in [1.29, 1.82) is 0 Å². The fraction of sp³-hybridized carbons (Fsp3) is 0.700. The van der Waals surface area contributed by atoms with Crippen LogP contribution in [0, 0.1) is 4.77 Å². The number of aromatic nitrogens is 3. The van der Waals surface area contributed by atoms with E-state index in [4.69, 9.17) is 12.2 Å². The number of nitrogens with one attached hydrogen (secondary N) is 2. The van der Waals surface area contributed by atoms with E-state index >= 15 is 0 Å². The Morgan fingerprint density at radius 1 is 1.62 bits per heavy atom. The van der Waals surface area contributed by atoms with E-state index in [2.05, 4.69) is 22.4 Å². The van der Waals surface area contributed by atoms with Gasteiger partial charge in [-0.05, 0) is 32.5 Å². The van der Waals surface area contributed by atoms with E-state index in [-0.39, 0.29) is 18.5 Å². The quantitative estimate of drug-likeness (QED) is 0.768. The van der Waals surface area contributed by atoms with E-state index in [1.807, 2.05) is 13.8 Å². The zero-order chi connectivity index (χ0) is 12.1. The minimum atomic E-state index is -0.0372. The minimum Gasteiger partial charge on any atom is -0.352 e. The van der Waals surface area contributed by atoms with Crippen molar-refractivity contribution in [2.45, 2.75) is 46.2 Å². The lowest BCUT2D eigenvalue weighted by molar-refractivity contribution is -0.122. The Hall–Kier alpha value is -1.17. The molecule has 2 N–H and O–H groups in total. The molecule has 1 aromatic heterocycles. The van der Waals surface area contributed by atoms with Crippen molar-refractivity contribution >= 4 is 18.1 Å². The first-order valence-electron chi connectivity index (χ1n) is 5.48. The van der Waals surface area contributed by atoms with Crippen molar-refractivity contribution in [2.24, 2.45) is 0 Å². The van der Waals surface area contributed by atoms with Crippen LogP contribution in [-0.4, -0.2) is 26.7 Å². The second-order valence-electron chi connectivity index (χ2n) is 4.00. The summed E-state index contributed by atoms with van der Waals surface area (Å²) in [5.41, 5.74) is 0. The topological polar surface area (TPSA) is 62.7 Å². The third-order valence-electron chi connectivity index (χ3n) is 2.06. The third-order valence-corrected chi connectivity index (χ3v) is 2.37. The smallest absolute Gasteiger partial charge is 0.240 e. The Kier molecular flexibility index (Phi) is 4.67. The number of hydrogen-bond acceptors (Lipinski definition) is 3. The Balaban J connectivity index is 2.75. The fourth-order valence-electron chi connectivity index (χ4n) is 1.44. The summed E-state index contributed by atoms with van der Waals surface area (Å²) in [5, 5.41) is 9.65. The highest BCUT2D eigenvalue weighted by Gasteiger charge is 2.10. The van der Waals surface area contributed by atoms with Crippen LogP contribution in [0.4, 0.5) is 0 Å². The van der Waals surface area contributed by atoms with E-state index in [1.54, 1.807) is 4.57 Å². The van der Waals surface area contributed by atoms with Crippen molar-refractivity contribution in [3.8, 4) is 0 Å². The van der Waals surface area contributed by atoms with Gasteiger partial charge in [0.25, 0.3) is 0 Å².